The van der Waals surface area contributed by atoms with Crippen LogP contribution < -0.4 is 10.2 Å². The molecule has 4 heterocycles. The standard InChI is InChI=1S/C31H35Cl2N5O2.C2H6/c32-25-10-9-23(20-26(25)33)30(12-19-37(21-30)28(39)27-8-4-15-34-27)11-5-16-36-17-13-31(14-18-36)29(40)35-22-38(31)24-6-2-1-3-7-24;1-2/h1-4,6-10,15,20,34H,5,11-14,16-19,21-22H2,(H,35,40);1-2H3. The molecule has 0 aliphatic carbocycles. The molecule has 6 rings (SSSR count). The summed E-state index contributed by atoms with van der Waals surface area (Å²) in [5, 5.41) is 4.18. The number of aromatic amines is 1. The van der Waals surface area contributed by atoms with Gasteiger partial charge < -0.3 is 25.0 Å². The Morgan fingerprint density at radius 1 is 0.929 bits per heavy atom. The molecule has 2 N–H and O–H groups in total. The maximum Gasteiger partial charge on any atom is 0.270 e. The Morgan fingerprint density at radius 3 is 2.38 bits per heavy atom. The number of carbonyl (C=O) groups excluding carboxylic acids is 2. The first-order chi connectivity index (χ1) is 20.4. The molecule has 1 spiro atoms. The number of piperidine rings is 1. The molecular formula is C33H41Cl2N5O2. The molecule has 0 saturated carbocycles. The van der Waals surface area contributed by atoms with Crippen molar-refractivity contribution in [2.24, 2.45) is 0 Å². The number of nitrogens with zero attached hydrogens (tertiary/aromatic N) is 3. The van der Waals surface area contributed by atoms with Crippen molar-refractivity contribution < 1.29 is 9.59 Å². The Hall–Kier alpha value is -3.00. The van der Waals surface area contributed by atoms with E-state index in [9.17, 15) is 9.59 Å². The van der Waals surface area contributed by atoms with E-state index in [1.165, 1.54) is 0 Å². The molecule has 9 heteroatoms. The number of halogens is 2. The number of hydrogen-bond donors (Lipinski definition) is 2. The fourth-order valence-corrected chi connectivity index (χ4v) is 7.21. The molecular weight excluding hydrogens is 569 g/mol. The number of rotatable bonds is 7. The molecule has 2 amide bonds. The predicted molar refractivity (Wildman–Crippen MR) is 170 cm³/mol. The maximum absolute atomic E-state index is 13.2. The van der Waals surface area contributed by atoms with Gasteiger partial charge in [0.1, 0.15) is 11.2 Å². The number of para-hydroxylation sites is 1. The average Bonchev–Trinajstić information content (AvgIpc) is 3.78. The van der Waals surface area contributed by atoms with Crippen molar-refractivity contribution in [3.63, 3.8) is 0 Å². The molecule has 0 bridgehead atoms. The highest BCUT2D eigenvalue weighted by atomic mass is 35.5. The Kier molecular flexibility index (Phi) is 9.50. The lowest BCUT2D eigenvalue weighted by Crippen LogP contribution is -2.56. The second-order valence-electron chi connectivity index (χ2n) is 11.4. The van der Waals surface area contributed by atoms with Crippen LogP contribution in [0, 0.1) is 0 Å². The van der Waals surface area contributed by atoms with Gasteiger partial charge in [-0.3, -0.25) is 9.59 Å². The summed E-state index contributed by atoms with van der Waals surface area (Å²) in [5.74, 6) is 0.179. The van der Waals surface area contributed by atoms with Crippen LogP contribution in [0.2, 0.25) is 10.0 Å². The third-order valence-corrected chi connectivity index (χ3v) is 9.96. The molecule has 3 fully saturated rings. The van der Waals surface area contributed by atoms with Gasteiger partial charge in [-0.05, 0) is 80.6 Å². The predicted octanol–water partition coefficient (Wildman–Crippen LogP) is 6.34. The van der Waals surface area contributed by atoms with Crippen LogP contribution in [0.25, 0.3) is 0 Å². The van der Waals surface area contributed by atoms with Gasteiger partial charge >= 0.3 is 0 Å². The molecule has 42 heavy (non-hydrogen) atoms. The van der Waals surface area contributed by atoms with Gasteiger partial charge in [-0.2, -0.15) is 0 Å². The molecule has 0 radical (unpaired) electrons. The minimum Gasteiger partial charge on any atom is -0.357 e. The summed E-state index contributed by atoms with van der Waals surface area (Å²) in [6, 6.07) is 19.8. The fourth-order valence-electron chi connectivity index (χ4n) is 6.91. The lowest BCUT2D eigenvalue weighted by molar-refractivity contribution is -0.125. The van der Waals surface area contributed by atoms with Crippen LogP contribution in [0.3, 0.4) is 0 Å². The highest BCUT2D eigenvalue weighted by Crippen LogP contribution is 2.42. The number of anilines is 1. The fraction of sp³-hybridized carbons (Fsp3) is 0.455. The van der Waals surface area contributed by atoms with E-state index in [1.807, 2.05) is 61.2 Å². The van der Waals surface area contributed by atoms with Gasteiger partial charge in [-0.15, -0.1) is 0 Å². The summed E-state index contributed by atoms with van der Waals surface area (Å²) in [7, 11) is 0. The Labute approximate surface area is 259 Å². The van der Waals surface area contributed by atoms with Crippen LogP contribution in [0.15, 0.2) is 66.9 Å². The van der Waals surface area contributed by atoms with Gasteiger partial charge in [0.2, 0.25) is 5.91 Å². The van der Waals surface area contributed by atoms with Gasteiger partial charge in [0.05, 0.1) is 16.7 Å². The largest absolute Gasteiger partial charge is 0.357 e. The number of aromatic nitrogens is 1. The van der Waals surface area contributed by atoms with E-state index < -0.39 is 5.54 Å². The second kappa shape index (κ2) is 13.1. The number of benzene rings is 2. The monoisotopic (exact) mass is 609 g/mol. The Bertz CT molecular complexity index is 1360. The summed E-state index contributed by atoms with van der Waals surface area (Å²) >= 11 is 12.7. The minimum absolute atomic E-state index is 0.0334. The van der Waals surface area contributed by atoms with E-state index in [0.29, 0.717) is 35.5 Å². The van der Waals surface area contributed by atoms with Crippen LogP contribution in [-0.2, 0) is 10.2 Å². The van der Waals surface area contributed by atoms with Crippen LogP contribution in [0.1, 0.15) is 62.0 Å². The van der Waals surface area contributed by atoms with Crippen LogP contribution in [-0.4, -0.2) is 71.5 Å². The molecule has 3 aromatic rings. The van der Waals surface area contributed by atoms with Crippen molar-refractivity contribution in [1.82, 2.24) is 20.1 Å². The van der Waals surface area contributed by atoms with Crippen molar-refractivity contribution >= 4 is 40.7 Å². The van der Waals surface area contributed by atoms with Crippen molar-refractivity contribution in [3.8, 4) is 0 Å². The quantitative estimate of drug-likeness (QED) is 0.328. The molecule has 7 nitrogen and oxygen atoms in total. The lowest BCUT2D eigenvalue weighted by atomic mass is 9.76. The molecule has 3 saturated heterocycles. The number of likely N-dealkylation sites (tertiary alicyclic amines) is 2. The number of H-pyrrole nitrogens is 1. The number of hydrogen-bond acceptors (Lipinski definition) is 4. The molecule has 1 atom stereocenters. The summed E-state index contributed by atoms with van der Waals surface area (Å²) in [6.07, 6.45) is 6.22. The van der Waals surface area contributed by atoms with Crippen LogP contribution in [0.5, 0.6) is 0 Å². The van der Waals surface area contributed by atoms with Gasteiger partial charge in [0.15, 0.2) is 0 Å². The summed E-state index contributed by atoms with van der Waals surface area (Å²) in [6.45, 7) is 8.64. The first kappa shape index (κ1) is 30.5. The molecule has 1 unspecified atom stereocenters. The zero-order chi connectivity index (χ0) is 29.7. The molecule has 1 aromatic heterocycles. The van der Waals surface area contributed by atoms with Crippen molar-refractivity contribution in [1.29, 1.82) is 0 Å². The lowest BCUT2D eigenvalue weighted by Gasteiger charge is -2.43. The van der Waals surface area contributed by atoms with Crippen LogP contribution >= 0.6 is 23.2 Å². The second-order valence-corrected chi connectivity index (χ2v) is 12.2. The molecule has 2 aromatic carbocycles. The third-order valence-electron chi connectivity index (χ3n) is 9.22. The summed E-state index contributed by atoms with van der Waals surface area (Å²) in [5.41, 5.74) is 2.21. The van der Waals surface area contributed by atoms with Crippen molar-refractivity contribution in [2.75, 3.05) is 44.3 Å². The molecule has 3 aliphatic rings. The van der Waals surface area contributed by atoms with Crippen molar-refractivity contribution in [2.45, 2.75) is 56.9 Å². The number of nitrogens with one attached hydrogen (secondary N) is 2. The average molecular weight is 611 g/mol. The van der Waals surface area contributed by atoms with E-state index in [-0.39, 0.29) is 17.2 Å². The van der Waals surface area contributed by atoms with Crippen LogP contribution in [0.4, 0.5) is 5.69 Å². The van der Waals surface area contributed by atoms with E-state index in [4.69, 9.17) is 23.2 Å². The first-order valence-electron chi connectivity index (χ1n) is 15.1. The highest BCUT2D eigenvalue weighted by molar-refractivity contribution is 6.42. The Morgan fingerprint density at radius 2 is 1.69 bits per heavy atom. The number of amides is 2. The van der Waals surface area contributed by atoms with Gasteiger partial charge in [0, 0.05) is 43.5 Å². The van der Waals surface area contributed by atoms with E-state index >= 15 is 0 Å². The third kappa shape index (κ3) is 5.92. The summed E-state index contributed by atoms with van der Waals surface area (Å²) < 4.78 is 0. The highest BCUT2D eigenvalue weighted by Gasteiger charge is 2.50. The smallest absolute Gasteiger partial charge is 0.270 e. The van der Waals surface area contributed by atoms with E-state index in [0.717, 1.165) is 63.0 Å². The maximum atomic E-state index is 13.2. The zero-order valence-electron chi connectivity index (χ0n) is 24.5. The van der Waals surface area contributed by atoms with Gasteiger partial charge in [-0.1, -0.05) is 61.3 Å². The van der Waals surface area contributed by atoms with E-state index in [2.05, 4.69) is 38.3 Å². The zero-order valence-corrected chi connectivity index (χ0v) is 26.1. The SMILES string of the molecule is CC.O=C(c1ccc[nH]1)N1CCC(CCCN2CCC3(CC2)C(=O)NCN3c2ccccc2)(c2ccc(Cl)c(Cl)c2)C1. The topological polar surface area (TPSA) is 71.7 Å². The molecule has 3 aliphatic heterocycles. The van der Waals surface area contributed by atoms with Gasteiger partial charge in [0.25, 0.3) is 5.91 Å². The Balaban J connectivity index is 0.00000173. The summed E-state index contributed by atoms with van der Waals surface area (Å²) in [4.78, 5) is 35.9. The van der Waals surface area contributed by atoms with E-state index in [1.54, 1.807) is 6.20 Å². The number of carbonyl (C=O) groups is 2. The normalized spacial score (nSPS) is 21.8. The first-order valence-corrected chi connectivity index (χ1v) is 15.9. The minimum atomic E-state index is -0.469. The molecule has 224 valence electrons. The van der Waals surface area contributed by atoms with Crippen molar-refractivity contribution in [3.05, 3.63) is 88.2 Å². The van der Waals surface area contributed by atoms with Gasteiger partial charge in [-0.25, -0.2) is 0 Å².